The molecule has 164 valence electrons. The first-order valence-electron chi connectivity index (χ1n) is 9.95. The van der Waals surface area contributed by atoms with Crippen LogP contribution in [0.3, 0.4) is 0 Å². The monoisotopic (exact) mass is 452 g/mol. The molecule has 0 saturated heterocycles. The Balaban J connectivity index is 1.85. The van der Waals surface area contributed by atoms with E-state index in [9.17, 15) is 13.2 Å². The summed E-state index contributed by atoms with van der Waals surface area (Å²) in [5.41, 5.74) is -0.267. The van der Waals surface area contributed by atoms with Crippen molar-refractivity contribution in [3.63, 3.8) is 0 Å². The first kappa shape index (κ1) is 22.6. The molecule has 1 amide bonds. The summed E-state index contributed by atoms with van der Waals surface area (Å²) in [6, 6.07) is 7.02. The van der Waals surface area contributed by atoms with E-state index >= 15 is 0 Å². The zero-order chi connectivity index (χ0) is 22.2. The van der Waals surface area contributed by atoms with Gasteiger partial charge in [0.2, 0.25) is 15.4 Å². The molecule has 10 heteroatoms. The van der Waals surface area contributed by atoms with Gasteiger partial charge in [-0.2, -0.15) is 0 Å². The van der Waals surface area contributed by atoms with Crippen molar-refractivity contribution in [3.05, 3.63) is 29.8 Å². The Bertz CT molecular complexity index is 1020. The molecule has 1 aromatic carbocycles. The van der Waals surface area contributed by atoms with Crippen LogP contribution in [-0.4, -0.2) is 30.1 Å². The number of anilines is 1. The Morgan fingerprint density at radius 3 is 2.53 bits per heavy atom. The number of nitrogens with one attached hydrogen (secondary N) is 2. The van der Waals surface area contributed by atoms with Crippen molar-refractivity contribution < 1.29 is 17.9 Å². The molecule has 1 aromatic heterocycles. The molecule has 0 radical (unpaired) electrons. The fourth-order valence-corrected chi connectivity index (χ4v) is 5.42. The number of benzene rings is 1. The highest BCUT2D eigenvalue weighted by molar-refractivity contribution is 7.91. The molecular formula is C20H28N4O4S2. The molecule has 1 atom stereocenters. The summed E-state index contributed by atoms with van der Waals surface area (Å²) in [6.45, 7) is 9.37. The number of amides is 1. The molecule has 0 bridgehead atoms. The van der Waals surface area contributed by atoms with Gasteiger partial charge in [0.05, 0.1) is 6.04 Å². The fraction of sp³-hybridized carbons (Fsp3) is 0.550. The number of para-hydroxylation sites is 1. The van der Waals surface area contributed by atoms with Crippen molar-refractivity contribution in [3.8, 4) is 5.75 Å². The summed E-state index contributed by atoms with van der Waals surface area (Å²) < 4.78 is 34.9. The first-order chi connectivity index (χ1) is 14.0. The molecule has 1 aliphatic heterocycles. The highest BCUT2D eigenvalue weighted by Gasteiger charge is 2.40. The van der Waals surface area contributed by atoms with Crippen LogP contribution in [-0.2, 0) is 14.8 Å². The number of rotatable bonds is 6. The molecular weight excluding hydrogens is 424 g/mol. The summed E-state index contributed by atoms with van der Waals surface area (Å²) in [6.07, 6.45) is 2.04. The highest BCUT2D eigenvalue weighted by atomic mass is 32.2. The number of nitrogens with zero attached hydrogens (tertiary/aromatic N) is 2. The minimum atomic E-state index is -3.93. The Kier molecular flexibility index (Phi) is 6.22. The Hall–Kier alpha value is -2.04. The number of ether oxygens (including phenoxy) is 1. The van der Waals surface area contributed by atoms with Crippen LogP contribution in [0.25, 0.3) is 0 Å². The number of hydrogen-bond acceptors (Lipinski definition) is 7. The average molecular weight is 453 g/mol. The van der Waals surface area contributed by atoms with Crippen LogP contribution in [0.4, 0.5) is 5.13 Å². The van der Waals surface area contributed by atoms with Crippen LogP contribution in [0, 0.1) is 5.41 Å². The lowest BCUT2D eigenvalue weighted by Crippen LogP contribution is -2.44. The van der Waals surface area contributed by atoms with Gasteiger partial charge in [-0.15, -0.1) is 10.2 Å². The Labute approximate surface area is 181 Å². The van der Waals surface area contributed by atoms with Crippen molar-refractivity contribution >= 4 is 32.4 Å². The molecule has 0 saturated carbocycles. The maximum absolute atomic E-state index is 13.0. The van der Waals surface area contributed by atoms with Gasteiger partial charge < -0.3 is 10.1 Å². The molecule has 8 nitrogen and oxygen atoms in total. The topological polar surface area (TPSA) is 110 Å². The second-order valence-corrected chi connectivity index (χ2v) is 11.4. The van der Waals surface area contributed by atoms with E-state index in [1.807, 2.05) is 38.1 Å². The van der Waals surface area contributed by atoms with E-state index in [0.717, 1.165) is 29.7 Å². The number of carbonyl (C=O) groups is 1. The zero-order valence-electron chi connectivity index (χ0n) is 17.9. The van der Waals surface area contributed by atoms with Crippen LogP contribution in [0.5, 0.6) is 5.75 Å². The van der Waals surface area contributed by atoms with E-state index < -0.39 is 27.1 Å². The molecule has 0 aliphatic carbocycles. The van der Waals surface area contributed by atoms with Crippen LogP contribution in [0.2, 0.25) is 0 Å². The predicted molar refractivity (Wildman–Crippen MR) is 116 cm³/mol. The van der Waals surface area contributed by atoms with Gasteiger partial charge in [0.15, 0.2) is 0 Å². The third-order valence-corrected chi connectivity index (χ3v) is 8.00. The Morgan fingerprint density at radius 2 is 1.90 bits per heavy atom. The van der Waals surface area contributed by atoms with Gasteiger partial charge in [0, 0.05) is 17.4 Å². The van der Waals surface area contributed by atoms with E-state index in [0.29, 0.717) is 12.2 Å². The third kappa shape index (κ3) is 4.65. The molecule has 2 N–H and O–H groups in total. The van der Waals surface area contributed by atoms with E-state index in [4.69, 9.17) is 4.74 Å². The van der Waals surface area contributed by atoms with Crippen LogP contribution in [0.1, 0.15) is 65.5 Å². The van der Waals surface area contributed by atoms with Gasteiger partial charge in [-0.1, -0.05) is 64.2 Å². The fourth-order valence-electron chi connectivity index (χ4n) is 3.30. The van der Waals surface area contributed by atoms with Gasteiger partial charge in [-0.3, -0.25) is 4.79 Å². The van der Waals surface area contributed by atoms with Gasteiger partial charge in [0.1, 0.15) is 11.4 Å². The molecule has 0 fully saturated rings. The van der Waals surface area contributed by atoms with Gasteiger partial charge in [-0.25, -0.2) is 13.1 Å². The van der Waals surface area contributed by atoms with Crippen LogP contribution >= 0.6 is 11.3 Å². The van der Waals surface area contributed by atoms with E-state index in [1.165, 1.54) is 0 Å². The third-order valence-electron chi connectivity index (χ3n) is 5.32. The quantitative estimate of drug-likeness (QED) is 0.644. The summed E-state index contributed by atoms with van der Waals surface area (Å²) in [5, 5.41) is 10.4. The standard InChI is InChI=1S/C20H28N4O4S2/c1-6-20(7-2)12-14(13-10-8-9-11-15(13)28-20)24-30(26,27)18-23-22-17(29-18)21-16(25)19(3,4)5/h8-11,14,24H,6-7,12H2,1-5H3,(H,21,22,25)/t14-/m0/s1. The molecule has 2 aromatic rings. The summed E-state index contributed by atoms with van der Waals surface area (Å²) in [4.78, 5) is 12.1. The largest absolute Gasteiger partial charge is 0.487 e. The normalized spacial score (nSPS) is 18.4. The van der Waals surface area contributed by atoms with Crippen molar-refractivity contribution in [1.29, 1.82) is 0 Å². The van der Waals surface area contributed by atoms with Crippen molar-refractivity contribution in [2.45, 2.75) is 69.9 Å². The predicted octanol–water partition coefficient (Wildman–Crippen LogP) is 3.88. The molecule has 0 spiro atoms. The Morgan fingerprint density at radius 1 is 1.23 bits per heavy atom. The number of fused-ring (bicyclic) bond motifs is 1. The lowest BCUT2D eigenvalue weighted by atomic mass is 9.84. The van der Waals surface area contributed by atoms with E-state index in [1.54, 1.807) is 20.8 Å². The van der Waals surface area contributed by atoms with E-state index in [-0.39, 0.29) is 15.4 Å². The molecule has 3 rings (SSSR count). The summed E-state index contributed by atoms with van der Waals surface area (Å²) in [7, 11) is -3.93. The van der Waals surface area contributed by atoms with Gasteiger partial charge in [-0.05, 0) is 18.9 Å². The average Bonchev–Trinajstić information content (AvgIpc) is 3.16. The second kappa shape index (κ2) is 8.24. The second-order valence-electron chi connectivity index (χ2n) is 8.49. The molecule has 0 unspecified atom stereocenters. The van der Waals surface area contributed by atoms with Crippen molar-refractivity contribution in [2.75, 3.05) is 5.32 Å². The number of carbonyl (C=O) groups excluding carboxylic acids is 1. The lowest BCUT2D eigenvalue weighted by Gasteiger charge is -2.41. The molecule has 30 heavy (non-hydrogen) atoms. The van der Waals surface area contributed by atoms with Crippen LogP contribution < -0.4 is 14.8 Å². The van der Waals surface area contributed by atoms with E-state index in [2.05, 4.69) is 20.2 Å². The number of sulfonamides is 1. The van der Waals surface area contributed by atoms with Gasteiger partial charge >= 0.3 is 0 Å². The van der Waals surface area contributed by atoms with Crippen molar-refractivity contribution in [2.24, 2.45) is 5.41 Å². The smallest absolute Gasteiger partial charge is 0.270 e. The molecule has 1 aliphatic rings. The minimum Gasteiger partial charge on any atom is -0.487 e. The van der Waals surface area contributed by atoms with Crippen molar-refractivity contribution in [1.82, 2.24) is 14.9 Å². The molecule has 2 heterocycles. The minimum absolute atomic E-state index is 0.152. The maximum atomic E-state index is 13.0. The van der Waals surface area contributed by atoms with Gasteiger partial charge in [0.25, 0.3) is 10.0 Å². The summed E-state index contributed by atoms with van der Waals surface area (Å²) in [5.74, 6) is 0.431. The number of aromatic nitrogens is 2. The number of hydrogen-bond donors (Lipinski definition) is 2. The van der Waals surface area contributed by atoms with Crippen LogP contribution in [0.15, 0.2) is 28.6 Å². The first-order valence-corrected chi connectivity index (χ1v) is 12.2. The summed E-state index contributed by atoms with van der Waals surface area (Å²) >= 11 is 0.830. The SMILES string of the molecule is CCC1(CC)C[C@H](NS(=O)(=O)c2nnc(NC(=O)C(C)(C)C)s2)c2ccccc2O1. The highest BCUT2D eigenvalue weighted by Crippen LogP contribution is 2.43. The zero-order valence-corrected chi connectivity index (χ0v) is 19.5. The lowest BCUT2D eigenvalue weighted by molar-refractivity contribution is -0.123. The maximum Gasteiger partial charge on any atom is 0.270 e.